The third-order valence-electron chi connectivity index (χ3n) is 4.29. The van der Waals surface area contributed by atoms with Gasteiger partial charge in [-0.2, -0.15) is 5.48 Å². The molecule has 0 aromatic carbocycles. The Bertz CT molecular complexity index is 571. The largest absolute Gasteiger partial charge is 0.479 e. The quantitative estimate of drug-likeness (QED) is 0.244. The van der Waals surface area contributed by atoms with E-state index < -0.39 is 55.1 Å². The lowest BCUT2D eigenvalue weighted by Crippen LogP contribution is -2.63. The van der Waals surface area contributed by atoms with Crippen LogP contribution in [0.25, 0.3) is 0 Å². The minimum absolute atomic E-state index is 0.0956. The molecule has 2 rings (SSSR count). The molecule has 0 aromatic rings. The van der Waals surface area contributed by atoms with Crippen LogP contribution in [-0.2, 0) is 38.1 Å². The molecule has 0 radical (unpaired) electrons. The summed E-state index contributed by atoms with van der Waals surface area (Å²) in [7, 11) is 2.53. The molecule has 28 heavy (non-hydrogen) atoms. The third-order valence-corrected chi connectivity index (χ3v) is 4.29. The van der Waals surface area contributed by atoms with Gasteiger partial charge in [-0.1, -0.05) is 0 Å². The van der Waals surface area contributed by atoms with Crippen molar-refractivity contribution in [1.82, 2.24) is 5.48 Å². The molecule has 1 saturated heterocycles. The number of methoxy groups -OCH3 is 2. The Balaban J connectivity index is 2.25. The number of allylic oxidation sites excluding steroid dienone is 1. The van der Waals surface area contributed by atoms with Crippen LogP contribution in [0.4, 0.5) is 0 Å². The van der Waals surface area contributed by atoms with Crippen LogP contribution >= 0.6 is 0 Å². The van der Waals surface area contributed by atoms with Gasteiger partial charge in [0.1, 0.15) is 30.5 Å². The number of hydrogen-bond donors (Lipinski definition) is 4. The highest BCUT2D eigenvalue weighted by Crippen LogP contribution is 2.28. The minimum Gasteiger partial charge on any atom is -0.479 e. The number of aliphatic hydroxyl groups excluding tert-OH is 2. The van der Waals surface area contributed by atoms with E-state index in [9.17, 15) is 24.9 Å². The second-order valence-corrected chi connectivity index (χ2v) is 6.03. The molecule has 0 aliphatic carbocycles. The number of carbonyl (C=O) groups excluding carboxylic acids is 1. The van der Waals surface area contributed by atoms with Gasteiger partial charge in [-0.15, -0.1) is 0 Å². The average Bonchev–Trinajstić information content (AvgIpc) is 2.69. The maximum absolute atomic E-state index is 11.4. The van der Waals surface area contributed by atoms with Crippen molar-refractivity contribution in [2.75, 3.05) is 20.8 Å². The van der Waals surface area contributed by atoms with Crippen LogP contribution in [0.5, 0.6) is 0 Å². The van der Waals surface area contributed by atoms with Crippen molar-refractivity contribution in [2.45, 2.75) is 56.1 Å². The third kappa shape index (κ3) is 4.85. The van der Waals surface area contributed by atoms with Gasteiger partial charge in [0.25, 0.3) is 0 Å². The van der Waals surface area contributed by atoms with Gasteiger partial charge in [0.2, 0.25) is 6.29 Å². The summed E-state index contributed by atoms with van der Waals surface area (Å²) in [6.07, 6.45) is -7.89. The number of ether oxygens (including phenoxy) is 5. The summed E-state index contributed by atoms with van der Waals surface area (Å²) in [6, 6.07) is -0.801. The fourth-order valence-electron chi connectivity index (χ4n) is 2.92. The Labute approximate surface area is 160 Å². The van der Waals surface area contributed by atoms with E-state index in [1.54, 1.807) is 6.92 Å². The number of hydroxylamine groups is 1. The Morgan fingerprint density at radius 3 is 2.50 bits per heavy atom. The van der Waals surface area contributed by atoms with Crippen molar-refractivity contribution in [3.05, 3.63) is 11.8 Å². The van der Waals surface area contributed by atoms with Gasteiger partial charge in [-0.3, -0.25) is 4.79 Å². The molecule has 0 aromatic heterocycles. The van der Waals surface area contributed by atoms with E-state index in [2.05, 4.69) is 5.48 Å². The summed E-state index contributed by atoms with van der Waals surface area (Å²) >= 11 is 0. The molecule has 0 amide bonds. The molecule has 8 unspecified atom stereocenters. The summed E-state index contributed by atoms with van der Waals surface area (Å²) in [4.78, 5) is 27.7. The second-order valence-electron chi connectivity index (χ2n) is 6.03. The molecule has 12 heteroatoms. The lowest BCUT2D eigenvalue weighted by Gasteiger charge is -2.43. The van der Waals surface area contributed by atoms with E-state index in [-0.39, 0.29) is 5.76 Å². The monoisotopic (exact) mass is 407 g/mol. The molecule has 4 N–H and O–H groups in total. The predicted molar refractivity (Wildman–Crippen MR) is 88.6 cm³/mol. The van der Waals surface area contributed by atoms with Gasteiger partial charge < -0.3 is 43.8 Å². The van der Waals surface area contributed by atoms with E-state index in [0.717, 1.165) is 0 Å². The van der Waals surface area contributed by atoms with Crippen molar-refractivity contribution < 1.29 is 53.4 Å². The fraction of sp³-hybridized carbons (Fsp3) is 0.750. The number of carbonyl (C=O) groups is 2. The van der Waals surface area contributed by atoms with Crippen LogP contribution in [-0.4, -0.2) is 97.5 Å². The van der Waals surface area contributed by atoms with Crippen LogP contribution in [0.1, 0.15) is 6.92 Å². The number of nitrogens with one attached hydrogen (secondary N) is 1. The first kappa shape index (κ1) is 22.6. The maximum atomic E-state index is 11.4. The van der Waals surface area contributed by atoms with Crippen LogP contribution in [0.3, 0.4) is 0 Å². The molecule has 160 valence electrons. The molecular formula is C16H25NO11. The molecule has 8 atom stereocenters. The standard InChI is InChI=1S/C16H25NO11/c1-4-25-17-9-8(5-7(6-18)26-15(9)24-3)27-16-11(20)10(19)12(23-2)13(28-16)14(21)22/h5-6,8-13,15-17,19-20H,4H2,1-3H3,(H,21,22). The van der Waals surface area contributed by atoms with Gasteiger partial charge in [-0.05, 0) is 13.0 Å². The van der Waals surface area contributed by atoms with Crippen LogP contribution in [0, 0.1) is 0 Å². The second kappa shape index (κ2) is 10.2. The van der Waals surface area contributed by atoms with Crippen molar-refractivity contribution in [3.8, 4) is 0 Å². The summed E-state index contributed by atoms with van der Waals surface area (Å²) in [6.45, 7) is 2.02. The van der Waals surface area contributed by atoms with Gasteiger partial charge in [0.15, 0.2) is 24.4 Å². The minimum atomic E-state index is -1.62. The molecule has 2 aliphatic rings. The topological polar surface area (TPSA) is 162 Å². The molecule has 2 aliphatic heterocycles. The number of carboxylic acid groups (broad SMARTS) is 1. The first-order valence-electron chi connectivity index (χ1n) is 8.54. The zero-order valence-corrected chi connectivity index (χ0v) is 15.6. The smallest absolute Gasteiger partial charge is 0.335 e. The molecular weight excluding hydrogens is 382 g/mol. The Morgan fingerprint density at radius 2 is 1.96 bits per heavy atom. The first-order valence-corrected chi connectivity index (χ1v) is 8.54. The van der Waals surface area contributed by atoms with Gasteiger partial charge in [0, 0.05) is 14.2 Å². The molecule has 12 nitrogen and oxygen atoms in total. The summed E-state index contributed by atoms with van der Waals surface area (Å²) in [5, 5.41) is 29.8. The maximum Gasteiger partial charge on any atom is 0.335 e. The number of rotatable bonds is 9. The van der Waals surface area contributed by atoms with Crippen molar-refractivity contribution >= 4 is 12.3 Å². The van der Waals surface area contributed by atoms with Crippen LogP contribution in [0.2, 0.25) is 0 Å². The molecule has 0 saturated carbocycles. The van der Waals surface area contributed by atoms with Gasteiger partial charge in [-0.25, -0.2) is 4.79 Å². The zero-order chi connectivity index (χ0) is 20.8. The number of hydrogen-bond acceptors (Lipinski definition) is 11. The Kier molecular flexibility index (Phi) is 8.27. The average molecular weight is 407 g/mol. The van der Waals surface area contributed by atoms with Crippen LogP contribution < -0.4 is 5.48 Å². The zero-order valence-electron chi connectivity index (χ0n) is 15.6. The van der Waals surface area contributed by atoms with Crippen molar-refractivity contribution in [1.29, 1.82) is 0 Å². The number of aldehydes is 1. The normalized spacial score (nSPS) is 38.4. The predicted octanol–water partition coefficient (Wildman–Crippen LogP) is -2.09. The van der Waals surface area contributed by atoms with Crippen LogP contribution in [0.15, 0.2) is 11.8 Å². The molecule has 2 heterocycles. The number of carboxylic acids is 1. The highest BCUT2D eigenvalue weighted by molar-refractivity contribution is 5.73. The van der Waals surface area contributed by atoms with Gasteiger partial charge in [0.05, 0.1) is 6.61 Å². The van der Waals surface area contributed by atoms with Crippen molar-refractivity contribution in [3.63, 3.8) is 0 Å². The lowest BCUT2D eigenvalue weighted by molar-refractivity contribution is -0.312. The molecule has 0 bridgehead atoms. The number of aliphatic carboxylic acids is 1. The van der Waals surface area contributed by atoms with E-state index in [4.69, 9.17) is 28.5 Å². The van der Waals surface area contributed by atoms with E-state index in [0.29, 0.717) is 12.9 Å². The molecule has 0 spiro atoms. The van der Waals surface area contributed by atoms with E-state index in [1.165, 1.54) is 20.3 Å². The summed E-state index contributed by atoms with van der Waals surface area (Å²) in [5.74, 6) is -1.50. The van der Waals surface area contributed by atoms with Gasteiger partial charge >= 0.3 is 5.97 Å². The summed E-state index contributed by atoms with van der Waals surface area (Å²) < 4.78 is 26.4. The van der Waals surface area contributed by atoms with Crippen molar-refractivity contribution in [2.24, 2.45) is 0 Å². The number of aliphatic hydroxyl groups is 2. The highest BCUT2D eigenvalue weighted by Gasteiger charge is 2.50. The molecule has 1 fully saturated rings. The Morgan fingerprint density at radius 1 is 1.25 bits per heavy atom. The van der Waals surface area contributed by atoms with E-state index in [1.807, 2.05) is 0 Å². The SMILES string of the molecule is CCONC1C(OC2OC(C(=O)O)C(OC)C(O)C2O)C=C(C=O)OC1OC. The summed E-state index contributed by atoms with van der Waals surface area (Å²) in [5.41, 5.74) is 2.66. The first-order chi connectivity index (χ1) is 13.4. The fourth-order valence-corrected chi connectivity index (χ4v) is 2.92. The Hall–Kier alpha value is -1.64. The van der Waals surface area contributed by atoms with E-state index >= 15 is 0 Å². The lowest BCUT2D eigenvalue weighted by atomic mass is 9.98. The highest BCUT2D eigenvalue weighted by atomic mass is 16.7.